The third-order valence-electron chi connectivity index (χ3n) is 5.71. The minimum Gasteiger partial charge on any atom is -0.378 e. The number of ether oxygens (including phenoxy) is 1. The maximum Gasteiger partial charge on any atom is 0.240 e. The molecule has 1 fully saturated rings. The van der Waals surface area contributed by atoms with Gasteiger partial charge in [-0.2, -0.15) is 0 Å². The minimum atomic E-state index is -3.65. The van der Waals surface area contributed by atoms with Gasteiger partial charge in [0.15, 0.2) is 0 Å². The Kier molecular flexibility index (Phi) is 6.04. The summed E-state index contributed by atoms with van der Waals surface area (Å²) in [5.41, 5.74) is 3.48. The van der Waals surface area contributed by atoms with Crippen LogP contribution in [-0.4, -0.2) is 44.7 Å². The smallest absolute Gasteiger partial charge is 0.240 e. The van der Waals surface area contributed by atoms with Crippen LogP contribution in [0, 0.1) is 0 Å². The van der Waals surface area contributed by atoms with Crippen molar-refractivity contribution < 1.29 is 13.2 Å². The first-order chi connectivity index (χ1) is 16.1. The van der Waals surface area contributed by atoms with Crippen molar-refractivity contribution in [3.63, 3.8) is 0 Å². The van der Waals surface area contributed by atoms with E-state index in [-0.39, 0.29) is 11.4 Å². The molecule has 1 aromatic heterocycles. The lowest BCUT2D eigenvalue weighted by atomic mass is 10.0. The predicted octanol–water partition coefficient (Wildman–Crippen LogP) is 3.61. The van der Waals surface area contributed by atoms with Crippen molar-refractivity contribution in [2.24, 2.45) is 0 Å². The first-order valence-corrected chi connectivity index (χ1v) is 12.3. The van der Waals surface area contributed by atoms with Crippen LogP contribution in [-0.2, 0) is 21.3 Å². The second-order valence-corrected chi connectivity index (χ2v) is 9.63. The van der Waals surface area contributed by atoms with E-state index in [1.807, 2.05) is 54.6 Å². The molecule has 0 spiro atoms. The van der Waals surface area contributed by atoms with Crippen molar-refractivity contribution in [1.29, 1.82) is 0 Å². The zero-order chi connectivity index (χ0) is 22.7. The molecule has 0 aliphatic carbocycles. The van der Waals surface area contributed by atoms with Crippen LogP contribution in [0.3, 0.4) is 0 Å². The van der Waals surface area contributed by atoms with E-state index in [0.717, 1.165) is 46.5 Å². The monoisotopic (exact) mass is 460 g/mol. The average molecular weight is 461 g/mol. The van der Waals surface area contributed by atoms with Crippen molar-refractivity contribution in [3.8, 4) is 11.1 Å². The van der Waals surface area contributed by atoms with E-state index in [2.05, 4.69) is 19.6 Å². The van der Waals surface area contributed by atoms with E-state index in [1.165, 1.54) is 0 Å². The van der Waals surface area contributed by atoms with E-state index < -0.39 is 10.0 Å². The van der Waals surface area contributed by atoms with Gasteiger partial charge in [0, 0.05) is 25.0 Å². The Labute approximate surface area is 193 Å². The van der Waals surface area contributed by atoms with Crippen molar-refractivity contribution in [1.82, 2.24) is 14.7 Å². The second kappa shape index (κ2) is 9.27. The number of benzene rings is 3. The van der Waals surface area contributed by atoms with Gasteiger partial charge >= 0.3 is 0 Å². The molecule has 0 saturated carbocycles. The van der Waals surface area contributed by atoms with Crippen LogP contribution < -0.4 is 9.62 Å². The van der Waals surface area contributed by atoms with E-state index in [9.17, 15) is 8.42 Å². The van der Waals surface area contributed by atoms with Gasteiger partial charge in [-0.15, -0.1) is 0 Å². The first kappa shape index (κ1) is 21.5. The molecule has 3 aromatic carbocycles. The molecular weight excluding hydrogens is 436 g/mol. The Morgan fingerprint density at radius 3 is 2.48 bits per heavy atom. The first-order valence-electron chi connectivity index (χ1n) is 10.8. The lowest BCUT2D eigenvalue weighted by molar-refractivity contribution is 0.122. The summed E-state index contributed by atoms with van der Waals surface area (Å²) in [6, 6.07) is 22.4. The van der Waals surface area contributed by atoms with Gasteiger partial charge in [0.05, 0.1) is 23.6 Å². The molecule has 0 bridgehead atoms. The Morgan fingerprint density at radius 1 is 0.879 bits per heavy atom. The van der Waals surface area contributed by atoms with Crippen LogP contribution in [0.2, 0.25) is 0 Å². The molecule has 5 rings (SSSR count). The van der Waals surface area contributed by atoms with Crippen molar-refractivity contribution >= 4 is 26.7 Å². The number of sulfonamides is 1. The quantitative estimate of drug-likeness (QED) is 0.473. The maximum absolute atomic E-state index is 12.9. The largest absolute Gasteiger partial charge is 0.378 e. The molecule has 1 aliphatic rings. The van der Waals surface area contributed by atoms with E-state index in [1.54, 1.807) is 24.5 Å². The van der Waals surface area contributed by atoms with Crippen molar-refractivity contribution in [2.75, 3.05) is 31.2 Å². The lowest BCUT2D eigenvalue weighted by Crippen LogP contribution is -2.36. The Hall–Kier alpha value is -3.33. The Morgan fingerprint density at radius 2 is 1.67 bits per heavy atom. The van der Waals surface area contributed by atoms with Gasteiger partial charge in [-0.1, -0.05) is 48.5 Å². The number of anilines is 1. The SMILES string of the molecule is O=S(=O)(NCc1ccccc1)c1cccc(-c2ccc3ncnc(N4CCOCC4)c3c2)c1. The topological polar surface area (TPSA) is 84.4 Å². The highest BCUT2D eigenvalue weighted by molar-refractivity contribution is 7.89. The summed E-state index contributed by atoms with van der Waals surface area (Å²) in [5, 5.41) is 0.937. The van der Waals surface area contributed by atoms with Gasteiger partial charge in [0.2, 0.25) is 10.0 Å². The summed E-state index contributed by atoms with van der Waals surface area (Å²) in [5.74, 6) is 0.874. The fraction of sp³-hybridized carbons (Fsp3) is 0.200. The number of rotatable bonds is 6. The zero-order valence-electron chi connectivity index (χ0n) is 18.0. The maximum atomic E-state index is 12.9. The highest BCUT2D eigenvalue weighted by Gasteiger charge is 2.17. The number of nitrogens with one attached hydrogen (secondary N) is 1. The van der Waals surface area contributed by atoms with E-state index >= 15 is 0 Å². The molecule has 7 nitrogen and oxygen atoms in total. The summed E-state index contributed by atoms with van der Waals surface area (Å²) in [7, 11) is -3.65. The molecular formula is C25H24N4O3S. The average Bonchev–Trinajstić information content (AvgIpc) is 2.88. The fourth-order valence-corrected chi connectivity index (χ4v) is 5.01. The molecule has 1 aliphatic heterocycles. The number of fused-ring (bicyclic) bond motifs is 1. The third kappa shape index (κ3) is 4.73. The highest BCUT2D eigenvalue weighted by atomic mass is 32.2. The lowest BCUT2D eigenvalue weighted by Gasteiger charge is -2.28. The molecule has 1 saturated heterocycles. The number of hydrogen-bond donors (Lipinski definition) is 1. The molecule has 0 radical (unpaired) electrons. The van der Waals surface area contributed by atoms with Crippen LogP contribution >= 0.6 is 0 Å². The molecule has 168 valence electrons. The molecule has 4 aromatic rings. The van der Waals surface area contributed by atoms with Gasteiger partial charge in [-0.05, 0) is 41.0 Å². The van der Waals surface area contributed by atoms with E-state index in [0.29, 0.717) is 13.2 Å². The normalized spacial score (nSPS) is 14.5. The fourth-order valence-electron chi connectivity index (χ4n) is 3.95. The van der Waals surface area contributed by atoms with E-state index in [4.69, 9.17) is 4.74 Å². The van der Waals surface area contributed by atoms with Crippen LogP contribution in [0.5, 0.6) is 0 Å². The number of nitrogens with zero attached hydrogens (tertiary/aromatic N) is 3. The second-order valence-electron chi connectivity index (χ2n) is 7.87. The summed E-state index contributed by atoms with van der Waals surface area (Å²) < 4.78 is 34.0. The predicted molar refractivity (Wildman–Crippen MR) is 128 cm³/mol. The molecule has 0 atom stereocenters. The zero-order valence-corrected chi connectivity index (χ0v) is 18.8. The number of hydrogen-bond acceptors (Lipinski definition) is 6. The molecule has 0 amide bonds. The summed E-state index contributed by atoms with van der Waals surface area (Å²) >= 11 is 0. The third-order valence-corrected chi connectivity index (χ3v) is 7.11. The van der Waals surface area contributed by atoms with Crippen LogP contribution in [0.4, 0.5) is 5.82 Å². The summed E-state index contributed by atoms with van der Waals surface area (Å²) in [6.45, 7) is 3.13. The molecule has 2 heterocycles. The van der Waals surface area contributed by atoms with Gasteiger partial charge in [0.1, 0.15) is 12.1 Å². The van der Waals surface area contributed by atoms with Crippen LogP contribution in [0.1, 0.15) is 5.56 Å². The van der Waals surface area contributed by atoms with Crippen molar-refractivity contribution in [3.05, 3.63) is 84.7 Å². The highest BCUT2D eigenvalue weighted by Crippen LogP contribution is 2.30. The van der Waals surface area contributed by atoms with Crippen LogP contribution in [0.15, 0.2) is 84.0 Å². The number of morpholine rings is 1. The van der Waals surface area contributed by atoms with Gasteiger partial charge in [0.25, 0.3) is 0 Å². The molecule has 8 heteroatoms. The minimum absolute atomic E-state index is 0.230. The van der Waals surface area contributed by atoms with Gasteiger partial charge < -0.3 is 9.64 Å². The standard InChI is InChI=1S/C25H24N4O3S/c30-33(31,28-17-19-5-2-1-3-6-19)22-8-4-7-20(15-22)21-9-10-24-23(16-21)25(27-18-26-24)29-11-13-32-14-12-29/h1-10,15-16,18,28H,11-14,17H2. The van der Waals surface area contributed by atoms with Gasteiger partial charge in [-0.3, -0.25) is 0 Å². The van der Waals surface area contributed by atoms with Crippen LogP contribution in [0.25, 0.3) is 22.0 Å². The Bertz CT molecular complexity index is 1370. The van der Waals surface area contributed by atoms with Gasteiger partial charge in [-0.25, -0.2) is 23.1 Å². The number of aromatic nitrogens is 2. The van der Waals surface area contributed by atoms with Crippen molar-refractivity contribution in [2.45, 2.75) is 11.4 Å². The molecule has 0 unspecified atom stereocenters. The molecule has 33 heavy (non-hydrogen) atoms. The Balaban J connectivity index is 1.46. The summed E-state index contributed by atoms with van der Waals surface area (Å²) in [6.07, 6.45) is 1.58. The summed E-state index contributed by atoms with van der Waals surface area (Å²) in [4.78, 5) is 11.4. The molecule has 1 N–H and O–H groups in total.